The third-order valence-electron chi connectivity index (χ3n) is 3.14. The molecule has 3 aromatic rings. The van der Waals surface area contributed by atoms with Crippen molar-refractivity contribution in [2.75, 3.05) is 5.32 Å². The van der Waals surface area contributed by atoms with Gasteiger partial charge in [-0.2, -0.15) is 0 Å². The van der Waals surface area contributed by atoms with E-state index in [1.54, 1.807) is 6.07 Å². The Morgan fingerprint density at radius 3 is 2.67 bits per heavy atom. The van der Waals surface area contributed by atoms with Gasteiger partial charge in [-0.25, -0.2) is 9.97 Å². The van der Waals surface area contributed by atoms with Crippen molar-refractivity contribution in [3.8, 4) is 0 Å². The molecule has 0 aliphatic rings. The number of benzene rings is 1. The van der Waals surface area contributed by atoms with Crippen molar-refractivity contribution >= 4 is 28.2 Å². The fourth-order valence-electron chi connectivity index (χ4n) is 2.11. The van der Waals surface area contributed by atoms with Crippen LogP contribution in [0.2, 0.25) is 0 Å². The maximum absolute atomic E-state index is 10.6. The van der Waals surface area contributed by atoms with Crippen molar-refractivity contribution in [1.29, 1.82) is 0 Å². The smallest absolute Gasteiger partial charge is 0.287 e. The molecule has 3 rings (SSSR count). The molecule has 0 bridgehead atoms. The van der Waals surface area contributed by atoms with E-state index < -0.39 is 4.92 Å². The number of rotatable bonds is 3. The van der Waals surface area contributed by atoms with Crippen molar-refractivity contribution in [2.45, 2.75) is 6.92 Å². The Hall–Kier alpha value is -3.02. The van der Waals surface area contributed by atoms with E-state index >= 15 is 0 Å². The van der Waals surface area contributed by atoms with Gasteiger partial charge in [-0.3, -0.25) is 10.1 Å². The molecule has 2 aromatic heterocycles. The number of hydrogen-bond acceptors (Lipinski definition) is 5. The van der Waals surface area contributed by atoms with Crippen LogP contribution in [0.3, 0.4) is 0 Å². The summed E-state index contributed by atoms with van der Waals surface area (Å²) in [5.41, 5.74) is 1.95. The largest absolute Gasteiger partial charge is 0.325 e. The maximum atomic E-state index is 10.6. The Morgan fingerprint density at radius 1 is 1.14 bits per heavy atom. The molecule has 0 aliphatic heterocycles. The predicted molar refractivity (Wildman–Crippen MR) is 80.7 cm³/mol. The highest BCUT2D eigenvalue weighted by atomic mass is 16.6. The summed E-state index contributed by atoms with van der Waals surface area (Å²) >= 11 is 0. The number of nitrogens with zero attached hydrogens (tertiary/aromatic N) is 3. The summed E-state index contributed by atoms with van der Waals surface area (Å²) in [6.07, 6.45) is 1.22. The molecule has 0 aliphatic carbocycles. The van der Waals surface area contributed by atoms with Crippen LogP contribution in [0.25, 0.3) is 10.9 Å². The average Bonchev–Trinajstić information content (AvgIpc) is 2.48. The topological polar surface area (TPSA) is 81.0 Å². The lowest BCUT2D eigenvalue weighted by Crippen LogP contribution is -1.98. The summed E-state index contributed by atoms with van der Waals surface area (Å²) in [7, 11) is 0. The highest BCUT2D eigenvalue weighted by Crippen LogP contribution is 2.22. The molecule has 0 spiro atoms. The average molecular weight is 280 g/mol. The monoisotopic (exact) mass is 280 g/mol. The zero-order valence-corrected chi connectivity index (χ0v) is 11.3. The quantitative estimate of drug-likeness (QED) is 0.585. The SMILES string of the molecule is Cc1cc(Nc2ccc([N+](=O)[O-])cn2)nc2ccccc12. The lowest BCUT2D eigenvalue weighted by molar-refractivity contribution is -0.385. The zero-order valence-electron chi connectivity index (χ0n) is 11.3. The molecule has 0 atom stereocenters. The molecular weight excluding hydrogens is 268 g/mol. The van der Waals surface area contributed by atoms with Gasteiger partial charge < -0.3 is 5.32 Å². The number of para-hydroxylation sites is 1. The second kappa shape index (κ2) is 5.16. The summed E-state index contributed by atoms with van der Waals surface area (Å²) in [5.74, 6) is 1.18. The molecule has 0 radical (unpaired) electrons. The fraction of sp³-hybridized carbons (Fsp3) is 0.0667. The molecule has 104 valence electrons. The molecule has 0 fully saturated rings. The first-order chi connectivity index (χ1) is 10.1. The van der Waals surface area contributed by atoms with Crippen molar-refractivity contribution in [1.82, 2.24) is 9.97 Å². The van der Waals surface area contributed by atoms with Crippen LogP contribution in [0, 0.1) is 17.0 Å². The van der Waals surface area contributed by atoms with Gasteiger partial charge in [0.25, 0.3) is 5.69 Å². The molecule has 1 N–H and O–H groups in total. The van der Waals surface area contributed by atoms with E-state index in [9.17, 15) is 10.1 Å². The summed E-state index contributed by atoms with van der Waals surface area (Å²) in [6, 6.07) is 12.8. The third kappa shape index (κ3) is 2.64. The van der Waals surface area contributed by atoms with Gasteiger partial charge in [-0.05, 0) is 30.7 Å². The minimum absolute atomic E-state index is 0.0387. The minimum atomic E-state index is -0.477. The van der Waals surface area contributed by atoms with Crippen LogP contribution in [0.4, 0.5) is 17.3 Å². The normalized spacial score (nSPS) is 10.5. The van der Waals surface area contributed by atoms with Crippen molar-refractivity contribution < 1.29 is 4.92 Å². The van der Waals surface area contributed by atoms with Gasteiger partial charge in [0.05, 0.1) is 10.4 Å². The number of nitro groups is 1. The number of anilines is 2. The van der Waals surface area contributed by atoms with E-state index in [0.717, 1.165) is 16.5 Å². The van der Waals surface area contributed by atoms with Crippen LogP contribution >= 0.6 is 0 Å². The molecule has 0 saturated carbocycles. The zero-order chi connectivity index (χ0) is 14.8. The highest BCUT2D eigenvalue weighted by molar-refractivity contribution is 5.84. The van der Waals surface area contributed by atoms with E-state index in [0.29, 0.717) is 11.6 Å². The van der Waals surface area contributed by atoms with Gasteiger partial charge in [0.2, 0.25) is 0 Å². The molecule has 0 saturated heterocycles. The van der Waals surface area contributed by atoms with Gasteiger partial charge in [0, 0.05) is 11.5 Å². The maximum Gasteiger partial charge on any atom is 0.287 e. The molecule has 6 heteroatoms. The molecule has 2 heterocycles. The van der Waals surface area contributed by atoms with Crippen molar-refractivity contribution in [2.24, 2.45) is 0 Å². The lowest BCUT2D eigenvalue weighted by Gasteiger charge is -2.08. The second-order valence-corrected chi connectivity index (χ2v) is 4.63. The van der Waals surface area contributed by atoms with Crippen LogP contribution in [-0.4, -0.2) is 14.9 Å². The molecule has 6 nitrogen and oxygen atoms in total. The summed E-state index contributed by atoms with van der Waals surface area (Å²) in [5, 5.41) is 14.7. The Morgan fingerprint density at radius 2 is 1.95 bits per heavy atom. The van der Waals surface area contributed by atoms with E-state index in [1.807, 2.05) is 37.3 Å². The first kappa shape index (κ1) is 13.0. The number of aryl methyl sites for hydroxylation is 1. The fourth-order valence-corrected chi connectivity index (χ4v) is 2.11. The summed E-state index contributed by atoms with van der Waals surface area (Å²) < 4.78 is 0. The second-order valence-electron chi connectivity index (χ2n) is 4.63. The van der Waals surface area contributed by atoms with Crippen molar-refractivity contribution in [3.05, 3.63) is 64.3 Å². The minimum Gasteiger partial charge on any atom is -0.325 e. The van der Waals surface area contributed by atoms with E-state index in [2.05, 4.69) is 15.3 Å². The van der Waals surface area contributed by atoms with E-state index in [1.165, 1.54) is 12.3 Å². The van der Waals surface area contributed by atoms with Crippen LogP contribution in [0.5, 0.6) is 0 Å². The standard InChI is InChI=1S/C15H12N4O2/c1-10-8-15(17-13-5-3-2-4-12(10)13)18-14-7-6-11(9-16-14)19(20)21/h2-9H,1H3,(H,16,17,18). The van der Waals surface area contributed by atoms with E-state index in [4.69, 9.17) is 0 Å². The summed E-state index contributed by atoms with van der Waals surface area (Å²) in [6.45, 7) is 2.01. The first-order valence-electron chi connectivity index (χ1n) is 6.37. The Balaban J connectivity index is 1.92. The molecule has 0 unspecified atom stereocenters. The molecular formula is C15H12N4O2. The van der Waals surface area contributed by atoms with Crippen molar-refractivity contribution in [3.63, 3.8) is 0 Å². The predicted octanol–water partition coefficient (Wildman–Crippen LogP) is 3.59. The third-order valence-corrected chi connectivity index (χ3v) is 3.14. The van der Waals surface area contributed by atoms with E-state index in [-0.39, 0.29) is 5.69 Å². The first-order valence-corrected chi connectivity index (χ1v) is 6.37. The van der Waals surface area contributed by atoms with Gasteiger partial charge in [-0.15, -0.1) is 0 Å². The summed E-state index contributed by atoms with van der Waals surface area (Å²) in [4.78, 5) is 18.6. The number of pyridine rings is 2. The molecule has 0 amide bonds. The number of aromatic nitrogens is 2. The number of nitrogens with one attached hydrogen (secondary N) is 1. The van der Waals surface area contributed by atoms with Crippen LogP contribution in [0.15, 0.2) is 48.7 Å². The van der Waals surface area contributed by atoms with Gasteiger partial charge >= 0.3 is 0 Å². The van der Waals surface area contributed by atoms with Crippen LogP contribution in [0.1, 0.15) is 5.56 Å². The van der Waals surface area contributed by atoms with Gasteiger partial charge in [0.15, 0.2) is 0 Å². The van der Waals surface area contributed by atoms with Crippen LogP contribution in [-0.2, 0) is 0 Å². The Kier molecular flexibility index (Phi) is 3.19. The Labute approximate surface area is 120 Å². The van der Waals surface area contributed by atoms with Crippen LogP contribution < -0.4 is 5.32 Å². The number of hydrogen-bond donors (Lipinski definition) is 1. The van der Waals surface area contributed by atoms with Gasteiger partial charge in [-0.1, -0.05) is 18.2 Å². The lowest BCUT2D eigenvalue weighted by atomic mass is 10.1. The molecule has 1 aromatic carbocycles. The molecule has 21 heavy (non-hydrogen) atoms. The van der Waals surface area contributed by atoms with Gasteiger partial charge in [0.1, 0.15) is 17.8 Å². The number of fused-ring (bicyclic) bond motifs is 1. The highest BCUT2D eigenvalue weighted by Gasteiger charge is 2.07. The Bertz CT molecular complexity index is 816.